The Morgan fingerprint density at radius 2 is 2.36 bits per heavy atom. The lowest BCUT2D eigenvalue weighted by atomic mass is 10.3. The summed E-state index contributed by atoms with van der Waals surface area (Å²) in [4.78, 5) is 4.12. The van der Waals surface area contributed by atoms with Gasteiger partial charge in [0, 0.05) is 5.02 Å². The van der Waals surface area contributed by atoms with E-state index in [9.17, 15) is 0 Å². The minimum atomic E-state index is 0.308. The molecule has 6 heteroatoms. The highest BCUT2D eigenvalue weighted by Crippen LogP contribution is 2.22. The van der Waals surface area contributed by atoms with Gasteiger partial charge in [0.25, 0.3) is 0 Å². The van der Waals surface area contributed by atoms with Crippen molar-refractivity contribution >= 4 is 57.9 Å². The Morgan fingerprint density at radius 3 is 3.07 bits per heavy atom. The van der Waals surface area contributed by atoms with Crippen molar-refractivity contribution in [3.05, 3.63) is 23.2 Å². The van der Waals surface area contributed by atoms with Gasteiger partial charge in [0.2, 0.25) is 0 Å². The van der Waals surface area contributed by atoms with E-state index >= 15 is 0 Å². The van der Waals surface area contributed by atoms with Gasteiger partial charge in [-0.1, -0.05) is 23.8 Å². The molecule has 0 saturated heterocycles. The van der Waals surface area contributed by atoms with Gasteiger partial charge in [-0.05, 0) is 18.2 Å². The number of thiol groups is 1. The van der Waals surface area contributed by atoms with Crippen LogP contribution in [0.5, 0.6) is 0 Å². The van der Waals surface area contributed by atoms with E-state index < -0.39 is 0 Å². The molecule has 1 aromatic heterocycles. The predicted molar refractivity (Wildman–Crippen MR) is 64.2 cm³/mol. The zero-order chi connectivity index (χ0) is 10.1. The number of halogens is 1. The van der Waals surface area contributed by atoms with Crippen LogP contribution in [0.15, 0.2) is 22.6 Å². The first-order valence-electron chi connectivity index (χ1n) is 3.71. The van der Waals surface area contributed by atoms with E-state index in [0.717, 1.165) is 0 Å². The minimum absolute atomic E-state index is 0.308. The van der Waals surface area contributed by atoms with Gasteiger partial charge in [0.15, 0.2) is 5.58 Å². The molecule has 0 aliphatic carbocycles. The van der Waals surface area contributed by atoms with Crippen molar-refractivity contribution in [1.29, 1.82) is 0 Å². The van der Waals surface area contributed by atoms with Gasteiger partial charge in [0.1, 0.15) is 9.84 Å². The molecule has 72 valence electrons. The Bertz CT molecular complexity index is 497. The van der Waals surface area contributed by atoms with Crippen molar-refractivity contribution in [3.63, 3.8) is 0 Å². The fourth-order valence-electron chi connectivity index (χ4n) is 1.05. The second-order valence-corrected chi connectivity index (χ2v) is 4.16. The number of oxazole rings is 1. The smallest absolute Gasteiger partial charge is 0.301 e. The average molecular weight is 245 g/mol. The van der Waals surface area contributed by atoms with Crippen LogP contribution in [0.3, 0.4) is 0 Å². The van der Waals surface area contributed by atoms with E-state index in [4.69, 9.17) is 28.2 Å². The Hall–Kier alpha value is -0.780. The molecular formula is C8H5ClN2OS2. The molecule has 0 amide bonds. The van der Waals surface area contributed by atoms with Crippen LogP contribution in [0.4, 0.5) is 6.01 Å². The summed E-state index contributed by atoms with van der Waals surface area (Å²) in [6.45, 7) is 0. The van der Waals surface area contributed by atoms with E-state index in [1.165, 1.54) is 0 Å². The summed E-state index contributed by atoms with van der Waals surface area (Å²) in [6, 6.07) is 5.52. The Kier molecular flexibility index (Phi) is 2.62. The third-order valence-corrected chi connectivity index (χ3v) is 2.01. The molecule has 14 heavy (non-hydrogen) atoms. The highest BCUT2D eigenvalue weighted by molar-refractivity contribution is 8.11. The summed E-state index contributed by atoms with van der Waals surface area (Å²) < 4.78 is 5.62. The van der Waals surface area contributed by atoms with Gasteiger partial charge in [-0.3, -0.25) is 5.32 Å². The summed E-state index contributed by atoms with van der Waals surface area (Å²) in [5, 5.41) is 3.30. The number of rotatable bonds is 1. The number of aromatic nitrogens is 1. The van der Waals surface area contributed by atoms with Crippen molar-refractivity contribution in [2.24, 2.45) is 0 Å². The summed E-state index contributed by atoms with van der Waals surface area (Å²) >= 11 is 14.4. The van der Waals surface area contributed by atoms with Crippen LogP contribution in [-0.4, -0.2) is 9.30 Å². The zero-order valence-corrected chi connectivity index (χ0v) is 9.29. The van der Waals surface area contributed by atoms with Crippen molar-refractivity contribution in [1.82, 2.24) is 4.98 Å². The normalized spacial score (nSPS) is 10.4. The third kappa shape index (κ3) is 2.00. The molecule has 2 rings (SSSR count). The lowest BCUT2D eigenvalue weighted by molar-refractivity contribution is 0.625. The molecule has 0 saturated carbocycles. The van der Waals surface area contributed by atoms with Crippen molar-refractivity contribution < 1.29 is 4.42 Å². The Balaban J connectivity index is 2.46. The monoisotopic (exact) mass is 244 g/mol. The number of fused-ring (bicyclic) bond motifs is 1. The quantitative estimate of drug-likeness (QED) is 0.597. The highest BCUT2D eigenvalue weighted by Gasteiger charge is 2.05. The molecule has 0 aliphatic heterocycles. The first kappa shape index (κ1) is 9.76. The van der Waals surface area contributed by atoms with Crippen LogP contribution in [-0.2, 0) is 0 Å². The molecule has 3 nitrogen and oxygen atoms in total. The fraction of sp³-hybridized carbons (Fsp3) is 0. The number of nitrogens with one attached hydrogen (secondary N) is 1. The molecule has 0 unspecified atom stereocenters. The fourth-order valence-corrected chi connectivity index (χ4v) is 1.39. The summed E-state index contributed by atoms with van der Waals surface area (Å²) in [7, 11) is 0. The minimum Gasteiger partial charge on any atom is -0.423 e. The number of thiocarbonyl (C=S) groups is 1. The number of anilines is 1. The van der Waals surface area contributed by atoms with Gasteiger partial charge >= 0.3 is 6.01 Å². The van der Waals surface area contributed by atoms with Gasteiger partial charge in [-0.15, -0.1) is 12.6 Å². The molecule has 1 heterocycles. The van der Waals surface area contributed by atoms with E-state index in [1.54, 1.807) is 18.2 Å². The molecule has 2 aromatic rings. The average Bonchev–Trinajstić information content (AvgIpc) is 2.44. The summed E-state index contributed by atoms with van der Waals surface area (Å²) in [6.07, 6.45) is 0. The first-order valence-corrected chi connectivity index (χ1v) is 4.94. The maximum atomic E-state index is 5.79. The number of nitrogens with zero attached hydrogens (tertiary/aromatic N) is 1. The molecule has 1 N–H and O–H groups in total. The molecule has 1 aromatic carbocycles. The molecule has 0 aliphatic rings. The molecule has 0 spiro atoms. The Morgan fingerprint density at radius 1 is 1.57 bits per heavy atom. The highest BCUT2D eigenvalue weighted by atomic mass is 35.5. The molecule has 0 fully saturated rings. The summed E-state index contributed by atoms with van der Waals surface area (Å²) in [5.41, 5.74) is 1.34. The third-order valence-electron chi connectivity index (χ3n) is 1.56. The van der Waals surface area contributed by atoms with Crippen molar-refractivity contribution in [2.75, 3.05) is 5.32 Å². The molecule has 0 atom stereocenters. The van der Waals surface area contributed by atoms with Crippen molar-refractivity contribution in [3.8, 4) is 0 Å². The first-order chi connectivity index (χ1) is 6.65. The van der Waals surface area contributed by atoms with E-state index in [1.807, 2.05) is 0 Å². The standard InChI is InChI=1S/C8H5ClN2OS2/c9-4-1-2-6-5(3-4)10-7(12-6)11-8(13)14/h1-3H,(H2,10,11,13,14). The maximum Gasteiger partial charge on any atom is 0.301 e. The van der Waals surface area contributed by atoms with Crippen LogP contribution in [0.25, 0.3) is 11.1 Å². The number of benzene rings is 1. The van der Waals surface area contributed by atoms with Gasteiger partial charge in [0.05, 0.1) is 0 Å². The van der Waals surface area contributed by atoms with Crippen LogP contribution in [0.2, 0.25) is 5.02 Å². The zero-order valence-electron chi connectivity index (χ0n) is 6.82. The van der Waals surface area contributed by atoms with E-state index in [0.29, 0.717) is 26.5 Å². The predicted octanol–water partition coefficient (Wildman–Crippen LogP) is 3.11. The molecular weight excluding hydrogens is 240 g/mol. The van der Waals surface area contributed by atoms with Gasteiger partial charge < -0.3 is 4.42 Å². The largest absolute Gasteiger partial charge is 0.423 e. The maximum absolute atomic E-state index is 5.79. The Labute approximate surface area is 95.9 Å². The molecule has 0 bridgehead atoms. The van der Waals surface area contributed by atoms with Crippen LogP contribution < -0.4 is 5.32 Å². The van der Waals surface area contributed by atoms with E-state index in [-0.39, 0.29) is 0 Å². The van der Waals surface area contributed by atoms with Crippen LogP contribution in [0, 0.1) is 0 Å². The van der Waals surface area contributed by atoms with Gasteiger partial charge in [-0.2, -0.15) is 4.98 Å². The lowest BCUT2D eigenvalue weighted by Gasteiger charge is -1.92. The number of hydrogen-bond donors (Lipinski definition) is 2. The van der Waals surface area contributed by atoms with Gasteiger partial charge in [-0.25, -0.2) is 0 Å². The topological polar surface area (TPSA) is 38.1 Å². The second-order valence-electron chi connectivity index (χ2n) is 2.56. The SMILES string of the molecule is S=C(S)Nc1nc2cc(Cl)ccc2o1. The van der Waals surface area contributed by atoms with E-state index in [2.05, 4.69) is 22.9 Å². The molecule has 0 radical (unpaired) electrons. The second kappa shape index (κ2) is 3.76. The number of hydrogen-bond acceptors (Lipinski definition) is 3. The lowest BCUT2D eigenvalue weighted by Crippen LogP contribution is -2.00. The summed E-state index contributed by atoms with van der Waals surface area (Å²) in [5.74, 6) is 0. The van der Waals surface area contributed by atoms with Crippen molar-refractivity contribution in [2.45, 2.75) is 0 Å². The van der Waals surface area contributed by atoms with Crippen LogP contribution in [0.1, 0.15) is 0 Å². The van der Waals surface area contributed by atoms with Crippen LogP contribution >= 0.6 is 36.4 Å².